The summed E-state index contributed by atoms with van der Waals surface area (Å²) in [6.45, 7) is 1.61. The fourth-order valence-electron chi connectivity index (χ4n) is 2.22. The van der Waals surface area contributed by atoms with Crippen LogP contribution in [0, 0.1) is 11.8 Å². The molecule has 26 heavy (non-hydrogen) atoms. The first-order chi connectivity index (χ1) is 12.5. The lowest BCUT2D eigenvalue weighted by Crippen LogP contribution is -2.53. The largest absolute Gasteiger partial charge is 0.368 e. The van der Waals surface area contributed by atoms with Crippen LogP contribution in [0.3, 0.4) is 0 Å². The Morgan fingerprint density at radius 3 is 2.31 bits per heavy atom. The van der Waals surface area contributed by atoms with E-state index in [0.717, 1.165) is 11.1 Å². The quantitative estimate of drug-likeness (QED) is 0.718. The Morgan fingerprint density at radius 1 is 1.08 bits per heavy atom. The maximum atomic E-state index is 12.2. The smallest absolute Gasteiger partial charge is 0.251 e. The van der Waals surface area contributed by atoms with Gasteiger partial charge in [-0.2, -0.15) is 0 Å². The summed E-state index contributed by atoms with van der Waals surface area (Å²) in [6, 6.07) is 15.1. The molecule has 0 heterocycles. The molecule has 2 aromatic carbocycles. The first-order valence-electron chi connectivity index (χ1n) is 8.16. The minimum absolute atomic E-state index is 0.398. The third-order valence-corrected chi connectivity index (χ3v) is 3.64. The number of primary amides is 1. The van der Waals surface area contributed by atoms with Gasteiger partial charge >= 0.3 is 0 Å². The molecule has 0 bridgehead atoms. The van der Waals surface area contributed by atoms with Crippen molar-refractivity contribution in [1.82, 2.24) is 5.32 Å². The number of rotatable bonds is 5. The molecule has 5 N–H and O–H groups in total. The van der Waals surface area contributed by atoms with E-state index < -0.39 is 23.9 Å². The second-order valence-corrected chi connectivity index (χ2v) is 5.80. The van der Waals surface area contributed by atoms with E-state index >= 15 is 0 Å². The van der Waals surface area contributed by atoms with Gasteiger partial charge in [0.2, 0.25) is 5.91 Å². The maximum absolute atomic E-state index is 12.2. The third kappa shape index (κ3) is 5.62. The number of carbonyl (C=O) groups is 2. The van der Waals surface area contributed by atoms with Gasteiger partial charge in [0, 0.05) is 17.2 Å². The van der Waals surface area contributed by atoms with E-state index in [1.165, 1.54) is 0 Å². The summed E-state index contributed by atoms with van der Waals surface area (Å²) < 4.78 is 0. The molecule has 0 aliphatic carbocycles. The molecule has 5 heteroatoms. The van der Waals surface area contributed by atoms with E-state index in [2.05, 4.69) is 17.2 Å². The Hall–Kier alpha value is -3.36. The number of benzene rings is 2. The summed E-state index contributed by atoms with van der Waals surface area (Å²) in [5, 5.41) is 2.54. The average molecular weight is 347 g/mol. The van der Waals surface area contributed by atoms with Crippen LogP contribution in [0.25, 0.3) is 6.08 Å². The fraction of sp³-hybridized carbons (Fsp3) is 0.143. The Bertz CT molecular complexity index is 844. The molecule has 0 aliphatic heterocycles. The fourth-order valence-corrected chi connectivity index (χ4v) is 2.22. The minimum atomic E-state index is -0.907. The Kier molecular flexibility index (Phi) is 6.72. The molecule has 132 valence electrons. The molecule has 0 saturated carbocycles. The zero-order valence-electron chi connectivity index (χ0n) is 14.5. The highest BCUT2D eigenvalue weighted by atomic mass is 16.2. The monoisotopic (exact) mass is 347 g/mol. The summed E-state index contributed by atoms with van der Waals surface area (Å²) in [5.74, 6) is 4.93. The molecule has 2 amide bonds. The van der Waals surface area contributed by atoms with Crippen LogP contribution in [-0.2, 0) is 4.79 Å². The van der Waals surface area contributed by atoms with Crippen LogP contribution in [0.15, 0.2) is 60.7 Å². The zero-order chi connectivity index (χ0) is 18.9. The van der Waals surface area contributed by atoms with E-state index in [4.69, 9.17) is 11.5 Å². The van der Waals surface area contributed by atoms with Crippen molar-refractivity contribution in [3.8, 4) is 11.8 Å². The second kappa shape index (κ2) is 9.21. The molecule has 2 rings (SSSR count). The minimum Gasteiger partial charge on any atom is -0.368 e. The standard InChI is InChI=1S/C21H21N3O2/c1-15(22)19(20(23)25)24-21(26)18-13-11-17(12-14-18)10-6-5-9-16-7-3-2-4-8-16/h2-4,6-8,10-15,19H,22H2,1H3,(H2,23,25)(H,24,26)/b10-6+/t15-,19+/m1/s1. The highest BCUT2D eigenvalue weighted by molar-refractivity contribution is 5.97. The van der Waals surface area contributed by atoms with Crippen LogP contribution < -0.4 is 16.8 Å². The van der Waals surface area contributed by atoms with Gasteiger partial charge in [-0.1, -0.05) is 42.2 Å². The lowest BCUT2D eigenvalue weighted by Gasteiger charge is -2.18. The van der Waals surface area contributed by atoms with Crippen molar-refractivity contribution in [2.75, 3.05) is 0 Å². The predicted molar refractivity (Wildman–Crippen MR) is 103 cm³/mol. The number of nitrogens with one attached hydrogen (secondary N) is 1. The average Bonchev–Trinajstić information content (AvgIpc) is 2.64. The lowest BCUT2D eigenvalue weighted by molar-refractivity contribution is -0.120. The van der Waals surface area contributed by atoms with Crippen molar-refractivity contribution in [1.29, 1.82) is 0 Å². The molecular formula is C21H21N3O2. The first kappa shape index (κ1) is 19.0. The van der Waals surface area contributed by atoms with Crippen molar-refractivity contribution >= 4 is 17.9 Å². The SMILES string of the molecule is C[C@@H](N)[C@H](NC(=O)c1ccc(/C=C/C#Cc2ccccc2)cc1)C(N)=O. The van der Waals surface area contributed by atoms with Crippen molar-refractivity contribution in [2.45, 2.75) is 19.0 Å². The van der Waals surface area contributed by atoms with Crippen LogP contribution in [0.4, 0.5) is 0 Å². The number of hydrogen-bond acceptors (Lipinski definition) is 3. The molecule has 0 saturated heterocycles. The van der Waals surface area contributed by atoms with Gasteiger partial charge in [-0.15, -0.1) is 0 Å². The summed E-state index contributed by atoms with van der Waals surface area (Å²) in [5.41, 5.74) is 13.2. The molecule has 0 unspecified atom stereocenters. The van der Waals surface area contributed by atoms with Gasteiger partial charge in [-0.05, 0) is 48.9 Å². The van der Waals surface area contributed by atoms with Crippen molar-refractivity contribution < 1.29 is 9.59 Å². The van der Waals surface area contributed by atoms with E-state index in [9.17, 15) is 9.59 Å². The molecule has 0 spiro atoms. The molecular weight excluding hydrogens is 326 g/mol. The van der Waals surface area contributed by atoms with Gasteiger partial charge in [-0.25, -0.2) is 0 Å². The van der Waals surface area contributed by atoms with Gasteiger partial charge in [0.15, 0.2) is 0 Å². The third-order valence-electron chi connectivity index (χ3n) is 3.64. The van der Waals surface area contributed by atoms with Crippen molar-refractivity contribution in [2.24, 2.45) is 11.5 Å². The first-order valence-corrected chi connectivity index (χ1v) is 8.16. The Morgan fingerprint density at radius 2 is 1.73 bits per heavy atom. The zero-order valence-corrected chi connectivity index (χ0v) is 14.5. The molecule has 2 atom stereocenters. The highest BCUT2D eigenvalue weighted by Gasteiger charge is 2.22. The number of amides is 2. The van der Waals surface area contributed by atoms with Crippen LogP contribution in [0.2, 0.25) is 0 Å². The van der Waals surface area contributed by atoms with E-state index in [1.54, 1.807) is 37.3 Å². The van der Waals surface area contributed by atoms with Gasteiger partial charge < -0.3 is 16.8 Å². The molecule has 5 nitrogen and oxygen atoms in total. The van der Waals surface area contributed by atoms with Gasteiger partial charge in [0.25, 0.3) is 5.91 Å². The van der Waals surface area contributed by atoms with Gasteiger partial charge in [0.05, 0.1) is 0 Å². The van der Waals surface area contributed by atoms with Crippen LogP contribution >= 0.6 is 0 Å². The van der Waals surface area contributed by atoms with Crippen LogP contribution in [0.1, 0.15) is 28.4 Å². The lowest BCUT2D eigenvalue weighted by atomic mass is 10.1. The van der Waals surface area contributed by atoms with Gasteiger partial charge in [0.1, 0.15) is 6.04 Å². The van der Waals surface area contributed by atoms with Gasteiger partial charge in [-0.3, -0.25) is 9.59 Å². The molecule has 2 aromatic rings. The predicted octanol–water partition coefficient (Wildman–Crippen LogP) is 1.68. The summed E-state index contributed by atoms with van der Waals surface area (Å²) in [6.07, 6.45) is 3.60. The van der Waals surface area contributed by atoms with E-state index in [0.29, 0.717) is 5.56 Å². The summed E-state index contributed by atoms with van der Waals surface area (Å²) in [4.78, 5) is 23.5. The van der Waals surface area contributed by atoms with Crippen LogP contribution in [0.5, 0.6) is 0 Å². The van der Waals surface area contributed by atoms with Crippen LogP contribution in [-0.4, -0.2) is 23.9 Å². The molecule has 0 aliphatic rings. The van der Waals surface area contributed by atoms with E-state index in [-0.39, 0.29) is 0 Å². The maximum Gasteiger partial charge on any atom is 0.251 e. The Balaban J connectivity index is 1.99. The summed E-state index contributed by atoms with van der Waals surface area (Å²) in [7, 11) is 0. The number of carbonyl (C=O) groups excluding carboxylic acids is 2. The molecule has 0 radical (unpaired) electrons. The molecule has 0 aromatic heterocycles. The topological polar surface area (TPSA) is 98.2 Å². The summed E-state index contributed by atoms with van der Waals surface area (Å²) >= 11 is 0. The second-order valence-electron chi connectivity index (χ2n) is 5.80. The number of nitrogens with two attached hydrogens (primary N) is 2. The van der Waals surface area contributed by atoms with Crippen molar-refractivity contribution in [3.63, 3.8) is 0 Å². The highest BCUT2D eigenvalue weighted by Crippen LogP contribution is 2.07. The Labute approximate surface area is 153 Å². The number of hydrogen-bond donors (Lipinski definition) is 3. The normalized spacial score (nSPS) is 12.7. The number of allylic oxidation sites excluding steroid dienone is 1. The van der Waals surface area contributed by atoms with Crippen molar-refractivity contribution in [3.05, 3.63) is 77.4 Å². The molecule has 0 fully saturated rings. The van der Waals surface area contributed by atoms with E-state index in [1.807, 2.05) is 36.4 Å².